The summed E-state index contributed by atoms with van der Waals surface area (Å²) in [7, 11) is 0. The number of carbonyl (C=O) groups excluding carboxylic acids is 2. The highest BCUT2D eigenvalue weighted by Crippen LogP contribution is 2.31. The van der Waals surface area contributed by atoms with Gasteiger partial charge in [-0.2, -0.15) is 13.2 Å². The van der Waals surface area contributed by atoms with Crippen molar-refractivity contribution < 1.29 is 27.5 Å². The van der Waals surface area contributed by atoms with Crippen molar-refractivity contribution in [3.05, 3.63) is 59.9 Å². The lowest BCUT2D eigenvalue weighted by Crippen LogP contribution is -2.32. The summed E-state index contributed by atoms with van der Waals surface area (Å²) in [6, 6.07) is 13.0. The molecule has 1 N–H and O–H groups in total. The number of aromatic nitrogens is 2. The molecule has 0 spiro atoms. The van der Waals surface area contributed by atoms with Gasteiger partial charge in [0, 0.05) is 5.69 Å². The molecule has 3 rings (SSSR count). The van der Waals surface area contributed by atoms with Crippen LogP contribution in [-0.4, -0.2) is 27.5 Å². The molecule has 0 unspecified atom stereocenters. The predicted molar refractivity (Wildman–Crippen MR) is 100 cm³/mol. The van der Waals surface area contributed by atoms with Gasteiger partial charge < -0.3 is 14.6 Å². The van der Waals surface area contributed by atoms with E-state index >= 15 is 0 Å². The van der Waals surface area contributed by atoms with Gasteiger partial charge in [0.15, 0.2) is 6.10 Å². The summed E-state index contributed by atoms with van der Waals surface area (Å²) in [5, 5.41) is 2.62. The van der Waals surface area contributed by atoms with Crippen molar-refractivity contribution in [2.24, 2.45) is 0 Å². The summed E-state index contributed by atoms with van der Waals surface area (Å²) in [5.41, 5.74) is 1.63. The quantitative estimate of drug-likeness (QED) is 0.653. The van der Waals surface area contributed by atoms with E-state index in [2.05, 4.69) is 10.3 Å². The van der Waals surface area contributed by atoms with Crippen molar-refractivity contribution in [2.45, 2.75) is 32.7 Å². The summed E-state index contributed by atoms with van der Waals surface area (Å²) < 4.78 is 45.7. The molecule has 6 nitrogen and oxygen atoms in total. The van der Waals surface area contributed by atoms with Crippen molar-refractivity contribution in [3.63, 3.8) is 0 Å². The molecule has 152 valence electrons. The van der Waals surface area contributed by atoms with E-state index in [1.165, 1.54) is 19.1 Å². The maximum Gasteiger partial charge on any atom is 0.449 e. The van der Waals surface area contributed by atoms with Crippen LogP contribution in [0.2, 0.25) is 0 Å². The number of alkyl halides is 3. The lowest BCUT2D eigenvalue weighted by Gasteiger charge is -2.16. The number of carbonyl (C=O) groups is 2. The monoisotopic (exact) mass is 405 g/mol. The number of fused-ring (bicyclic) bond motifs is 1. The van der Waals surface area contributed by atoms with E-state index in [9.17, 15) is 22.8 Å². The van der Waals surface area contributed by atoms with E-state index in [1.807, 2.05) is 6.07 Å². The molecule has 0 aliphatic heterocycles. The van der Waals surface area contributed by atoms with Crippen LogP contribution in [0.4, 0.5) is 18.9 Å². The third kappa shape index (κ3) is 4.56. The van der Waals surface area contributed by atoms with Crippen molar-refractivity contribution in [1.82, 2.24) is 9.55 Å². The highest BCUT2D eigenvalue weighted by Gasteiger charge is 2.38. The summed E-state index contributed by atoms with van der Waals surface area (Å²) in [5.74, 6) is -2.77. The zero-order valence-corrected chi connectivity index (χ0v) is 15.7. The molecule has 0 saturated heterocycles. The number of esters is 1. The molecular formula is C20H18F3N3O3. The van der Waals surface area contributed by atoms with E-state index in [4.69, 9.17) is 4.74 Å². The Labute approximate surface area is 164 Å². The third-order valence-corrected chi connectivity index (χ3v) is 4.28. The van der Waals surface area contributed by atoms with Crippen LogP contribution in [0.3, 0.4) is 0 Å². The van der Waals surface area contributed by atoms with Crippen LogP contribution in [-0.2, 0) is 27.0 Å². The fourth-order valence-electron chi connectivity index (χ4n) is 2.82. The van der Waals surface area contributed by atoms with Crippen LogP contribution >= 0.6 is 0 Å². The van der Waals surface area contributed by atoms with Crippen LogP contribution in [0.1, 0.15) is 18.3 Å². The predicted octanol–water partition coefficient (Wildman–Crippen LogP) is 3.93. The van der Waals surface area contributed by atoms with E-state index in [-0.39, 0.29) is 11.0 Å². The van der Waals surface area contributed by atoms with Crippen LogP contribution in [0.5, 0.6) is 0 Å². The largest absolute Gasteiger partial charge is 0.451 e. The minimum absolute atomic E-state index is 0.109. The molecule has 1 atom stereocenters. The Balaban J connectivity index is 1.74. The Kier molecular flexibility index (Phi) is 5.58. The zero-order chi connectivity index (χ0) is 21.2. The topological polar surface area (TPSA) is 73.2 Å². The van der Waals surface area contributed by atoms with Crippen LogP contribution in [0.15, 0.2) is 48.5 Å². The molecule has 0 bridgehead atoms. The number of imidazole rings is 1. The molecule has 0 radical (unpaired) electrons. The number of benzene rings is 2. The fraction of sp³-hybridized carbons (Fsp3) is 0.250. The summed E-state index contributed by atoms with van der Waals surface area (Å²) in [4.78, 5) is 28.1. The molecule has 0 saturated carbocycles. The SMILES string of the molecule is Cc1ccccc1NC(=O)[C@H](C)OC(=O)Cn1c(C(F)(F)F)nc2ccccc21. The summed E-state index contributed by atoms with van der Waals surface area (Å²) >= 11 is 0. The second-order valence-corrected chi connectivity index (χ2v) is 6.44. The van der Waals surface area contributed by atoms with Crippen LogP contribution < -0.4 is 5.32 Å². The number of anilines is 1. The molecule has 2 aromatic carbocycles. The Morgan fingerprint density at radius 2 is 1.79 bits per heavy atom. The molecule has 9 heteroatoms. The lowest BCUT2D eigenvalue weighted by molar-refractivity contribution is -0.156. The van der Waals surface area contributed by atoms with Gasteiger partial charge in [-0.1, -0.05) is 30.3 Å². The zero-order valence-electron chi connectivity index (χ0n) is 15.7. The Bertz CT molecular complexity index is 1060. The standard InChI is InChI=1S/C20H18F3N3O3/c1-12-7-3-4-8-14(12)24-18(28)13(2)29-17(27)11-26-16-10-6-5-9-15(16)25-19(26)20(21,22)23/h3-10,13H,11H2,1-2H3,(H,24,28)/t13-/m0/s1. The first kappa shape index (κ1) is 20.4. The Hall–Kier alpha value is -3.36. The number of amides is 1. The first-order chi connectivity index (χ1) is 13.7. The number of nitrogens with zero attached hydrogens (tertiary/aromatic N) is 2. The van der Waals surface area contributed by atoms with Gasteiger partial charge in [-0.05, 0) is 37.6 Å². The highest BCUT2D eigenvalue weighted by molar-refractivity contribution is 5.95. The average Bonchev–Trinajstić information content (AvgIpc) is 3.02. The van der Waals surface area contributed by atoms with Gasteiger partial charge in [0.25, 0.3) is 5.91 Å². The smallest absolute Gasteiger partial charge is 0.449 e. The van der Waals surface area contributed by atoms with Crippen molar-refractivity contribution >= 4 is 28.6 Å². The molecule has 0 aliphatic rings. The molecule has 0 fully saturated rings. The van der Waals surface area contributed by atoms with Gasteiger partial charge in [-0.15, -0.1) is 0 Å². The van der Waals surface area contributed by atoms with Crippen molar-refractivity contribution in [3.8, 4) is 0 Å². The number of hydrogen-bond acceptors (Lipinski definition) is 4. The number of para-hydroxylation sites is 3. The highest BCUT2D eigenvalue weighted by atomic mass is 19.4. The van der Waals surface area contributed by atoms with Gasteiger partial charge in [0.05, 0.1) is 11.0 Å². The van der Waals surface area contributed by atoms with Gasteiger partial charge in [0.2, 0.25) is 5.82 Å². The molecule has 1 aromatic heterocycles. The maximum atomic E-state index is 13.3. The van der Waals surface area contributed by atoms with E-state index in [0.29, 0.717) is 5.69 Å². The summed E-state index contributed by atoms with van der Waals surface area (Å²) in [6.45, 7) is 2.43. The molecule has 1 amide bonds. The van der Waals surface area contributed by atoms with Crippen molar-refractivity contribution in [2.75, 3.05) is 5.32 Å². The van der Waals surface area contributed by atoms with E-state index in [0.717, 1.165) is 10.1 Å². The molecular weight excluding hydrogens is 387 g/mol. The first-order valence-corrected chi connectivity index (χ1v) is 8.75. The molecule has 3 aromatic rings. The second kappa shape index (κ2) is 7.94. The number of aryl methyl sites for hydroxylation is 1. The van der Waals surface area contributed by atoms with Crippen molar-refractivity contribution in [1.29, 1.82) is 0 Å². The summed E-state index contributed by atoms with van der Waals surface area (Å²) in [6.07, 6.45) is -5.93. The van der Waals surface area contributed by atoms with E-state index < -0.39 is 36.5 Å². The molecule has 1 heterocycles. The first-order valence-electron chi connectivity index (χ1n) is 8.75. The minimum Gasteiger partial charge on any atom is -0.451 e. The van der Waals surface area contributed by atoms with Crippen LogP contribution in [0.25, 0.3) is 11.0 Å². The van der Waals surface area contributed by atoms with Gasteiger partial charge >= 0.3 is 12.1 Å². The normalized spacial score (nSPS) is 12.6. The number of rotatable bonds is 5. The third-order valence-electron chi connectivity index (χ3n) is 4.28. The number of nitrogens with one attached hydrogen (secondary N) is 1. The van der Waals surface area contributed by atoms with Gasteiger partial charge in [0.1, 0.15) is 6.54 Å². The minimum atomic E-state index is -4.74. The maximum absolute atomic E-state index is 13.3. The lowest BCUT2D eigenvalue weighted by atomic mass is 10.2. The molecule has 0 aliphatic carbocycles. The number of ether oxygens (including phenoxy) is 1. The second-order valence-electron chi connectivity index (χ2n) is 6.44. The fourth-order valence-corrected chi connectivity index (χ4v) is 2.82. The van der Waals surface area contributed by atoms with E-state index in [1.54, 1.807) is 37.3 Å². The molecule has 29 heavy (non-hydrogen) atoms. The van der Waals surface area contributed by atoms with Gasteiger partial charge in [-0.25, -0.2) is 4.98 Å². The van der Waals surface area contributed by atoms with Crippen LogP contribution in [0, 0.1) is 6.92 Å². The van der Waals surface area contributed by atoms with Gasteiger partial charge in [-0.3, -0.25) is 9.59 Å². The number of hydrogen-bond donors (Lipinski definition) is 1. The Morgan fingerprint density at radius 3 is 2.48 bits per heavy atom. The Morgan fingerprint density at radius 1 is 1.14 bits per heavy atom. The average molecular weight is 405 g/mol. The number of halogens is 3.